The third-order valence-electron chi connectivity index (χ3n) is 4.90. The van der Waals surface area contributed by atoms with Gasteiger partial charge in [-0.2, -0.15) is 0 Å². The van der Waals surface area contributed by atoms with Gasteiger partial charge in [-0.3, -0.25) is 4.79 Å². The van der Waals surface area contributed by atoms with E-state index < -0.39 is 21.7 Å². The van der Waals surface area contributed by atoms with Crippen LogP contribution in [-0.2, 0) is 21.4 Å². The highest BCUT2D eigenvalue weighted by molar-refractivity contribution is 7.88. The summed E-state index contributed by atoms with van der Waals surface area (Å²) in [5, 5.41) is 0. The maximum atomic E-state index is 13.9. The Balaban J connectivity index is 1.68. The fourth-order valence-electron chi connectivity index (χ4n) is 3.28. The first-order valence-electron chi connectivity index (χ1n) is 8.45. The molecule has 0 bridgehead atoms. The molecule has 1 aromatic carbocycles. The van der Waals surface area contributed by atoms with Gasteiger partial charge in [0.2, 0.25) is 15.9 Å². The first-order valence-corrected chi connectivity index (χ1v) is 10.3. The number of amides is 1. The minimum absolute atomic E-state index is 0.0561. The van der Waals surface area contributed by atoms with Gasteiger partial charge in [-0.1, -0.05) is 6.07 Å². The number of hydrogen-bond donors (Lipinski definition) is 0. The number of carbonyl (C=O) groups excluding carboxylic acids is 1. The molecule has 1 aliphatic heterocycles. The van der Waals surface area contributed by atoms with E-state index in [9.17, 15) is 22.0 Å². The van der Waals surface area contributed by atoms with Gasteiger partial charge in [0.25, 0.3) is 0 Å². The van der Waals surface area contributed by atoms with Crippen LogP contribution >= 0.6 is 0 Å². The molecule has 1 heterocycles. The van der Waals surface area contributed by atoms with E-state index in [2.05, 4.69) is 0 Å². The van der Waals surface area contributed by atoms with Crippen LogP contribution in [0.25, 0.3) is 0 Å². The fourth-order valence-corrected chi connectivity index (χ4v) is 4.15. The molecule has 0 aromatic heterocycles. The van der Waals surface area contributed by atoms with Crippen molar-refractivity contribution in [3.63, 3.8) is 0 Å². The van der Waals surface area contributed by atoms with Crippen LogP contribution in [0.5, 0.6) is 0 Å². The van der Waals surface area contributed by atoms with E-state index in [1.54, 1.807) is 4.90 Å². The molecule has 25 heavy (non-hydrogen) atoms. The average Bonchev–Trinajstić information content (AvgIpc) is 3.38. The van der Waals surface area contributed by atoms with E-state index in [1.165, 1.54) is 22.7 Å². The van der Waals surface area contributed by atoms with E-state index >= 15 is 0 Å². The van der Waals surface area contributed by atoms with Crippen molar-refractivity contribution in [3.8, 4) is 0 Å². The van der Waals surface area contributed by atoms with Gasteiger partial charge in [0.05, 0.1) is 6.26 Å². The predicted octanol–water partition coefficient (Wildman–Crippen LogP) is 2.13. The Morgan fingerprint density at radius 1 is 1.20 bits per heavy atom. The molecule has 0 spiro atoms. The van der Waals surface area contributed by atoms with Crippen LogP contribution in [0.2, 0.25) is 0 Å². The van der Waals surface area contributed by atoms with Gasteiger partial charge in [-0.05, 0) is 31.7 Å². The highest BCUT2D eigenvalue weighted by atomic mass is 32.2. The lowest BCUT2D eigenvalue weighted by molar-refractivity contribution is -0.138. The molecule has 0 unspecified atom stereocenters. The van der Waals surface area contributed by atoms with Crippen molar-refractivity contribution in [3.05, 3.63) is 35.4 Å². The summed E-state index contributed by atoms with van der Waals surface area (Å²) in [4.78, 5) is 14.6. The van der Waals surface area contributed by atoms with E-state index in [0.717, 1.165) is 18.9 Å². The van der Waals surface area contributed by atoms with Gasteiger partial charge in [-0.15, -0.1) is 0 Å². The quantitative estimate of drug-likeness (QED) is 0.796. The van der Waals surface area contributed by atoms with Crippen molar-refractivity contribution in [1.82, 2.24) is 9.21 Å². The maximum Gasteiger partial charge on any atom is 0.226 e. The molecule has 0 N–H and O–H groups in total. The lowest BCUT2D eigenvalue weighted by atomic mass is 9.96. The molecule has 1 saturated carbocycles. The third kappa shape index (κ3) is 4.36. The molecular formula is C17H22F2N2O3S. The summed E-state index contributed by atoms with van der Waals surface area (Å²) in [6.45, 7) is 0.791. The van der Waals surface area contributed by atoms with Gasteiger partial charge in [-0.25, -0.2) is 21.5 Å². The van der Waals surface area contributed by atoms with Crippen LogP contribution in [0.4, 0.5) is 8.78 Å². The Hall–Kier alpha value is -1.54. The summed E-state index contributed by atoms with van der Waals surface area (Å²) < 4.78 is 51.5. The van der Waals surface area contributed by atoms with Crippen molar-refractivity contribution in [2.45, 2.75) is 38.3 Å². The topological polar surface area (TPSA) is 57.7 Å². The van der Waals surface area contributed by atoms with Crippen LogP contribution in [-0.4, -0.2) is 48.9 Å². The van der Waals surface area contributed by atoms with Gasteiger partial charge in [0.1, 0.15) is 11.6 Å². The number of halogens is 2. The smallest absolute Gasteiger partial charge is 0.226 e. The monoisotopic (exact) mass is 372 g/mol. The Morgan fingerprint density at radius 3 is 2.36 bits per heavy atom. The number of benzene rings is 1. The minimum Gasteiger partial charge on any atom is -0.335 e. The van der Waals surface area contributed by atoms with Gasteiger partial charge < -0.3 is 4.90 Å². The van der Waals surface area contributed by atoms with Crippen LogP contribution in [0.1, 0.15) is 31.2 Å². The molecule has 8 heteroatoms. The number of piperidine rings is 1. The second-order valence-corrected chi connectivity index (χ2v) is 8.85. The molecule has 0 radical (unpaired) electrons. The number of rotatable bonds is 5. The largest absolute Gasteiger partial charge is 0.335 e. The van der Waals surface area contributed by atoms with Crippen LogP contribution < -0.4 is 0 Å². The summed E-state index contributed by atoms with van der Waals surface area (Å²) in [6, 6.07) is 3.50. The molecular weight excluding hydrogens is 350 g/mol. The first-order chi connectivity index (χ1) is 11.8. The van der Waals surface area contributed by atoms with Gasteiger partial charge >= 0.3 is 0 Å². The highest BCUT2D eigenvalue weighted by Gasteiger charge is 2.38. The molecule has 2 aliphatic rings. The molecule has 5 nitrogen and oxygen atoms in total. The second kappa shape index (κ2) is 6.99. The van der Waals surface area contributed by atoms with Crippen LogP contribution in [0.15, 0.2) is 18.2 Å². The third-order valence-corrected chi connectivity index (χ3v) is 6.20. The fraction of sp³-hybridized carbons (Fsp3) is 0.588. The van der Waals surface area contributed by atoms with Crippen molar-refractivity contribution in [2.24, 2.45) is 5.92 Å². The Morgan fingerprint density at radius 2 is 1.84 bits per heavy atom. The van der Waals surface area contributed by atoms with Crippen molar-refractivity contribution < 1.29 is 22.0 Å². The predicted molar refractivity (Wildman–Crippen MR) is 89.1 cm³/mol. The molecule has 2 fully saturated rings. The SMILES string of the molecule is CS(=O)(=O)N1CCC(C(=O)N(Cc2ccc(F)cc2F)C2CC2)CC1. The zero-order chi connectivity index (χ0) is 18.2. The van der Waals surface area contributed by atoms with Crippen molar-refractivity contribution in [1.29, 1.82) is 0 Å². The van der Waals surface area contributed by atoms with Crippen molar-refractivity contribution >= 4 is 15.9 Å². The molecule has 0 atom stereocenters. The van der Waals surface area contributed by atoms with E-state index in [1.807, 2.05) is 0 Å². The molecule has 1 aliphatic carbocycles. The molecule has 3 rings (SSSR count). The summed E-state index contributed by atoms with van der Waals surface area (Å²) in [5.41, 5.74) is 0.301. The molecule has 1 saturated heterocycles. The number of sulfonamides is 1. The number of hydrogen-bond acceptors (Lipinski definition) is 3. The Kier molecular flexibility index (Phi) is 5.11. The summed E-state index contributed by atoms with van der Waals surface area (Å²) >= 11 is 0. The standard InChI is InChI=1S/C17H22F2N2O3S/c1-25(23,24)20-8-6-12(7-9-20)17(22)21(15-4-5-15)11-13-2-3-14(18)10-16(13)19/h2-3,10,12,15H,4-9,11H2,1H3. The Labute approximate surface area is 146 Å². The lowest BCUT2D eigenvalue weighted by Gasteiger charge is -2.33. The van der Waals surface area contributed by atoms with E-state index in [4.69, 9.17) is 0 Å². The average molecular weight is 372 g/mol. The number of nitrogens with zero attached hydrogens (tertiary/aromatic N) is 2. The first kappa shape index (κ1) is 18.3. The van der Waals surface area contributed by atoms with Crippen molar-refractivity contribution in [2.75, 3.05) is 19.3 Å². The normalized spacial score (nSPS) is 19.8. The van der Waals surface area contributed by atoms with Crippen LogP contribution in [0, 0.1) is 17.6 Å². The molecule has 138 valence electrons. The molecule has 1 amide bonds. The summed E-state index contributed by atoms with van der Waals surface area (Å²) in [5.74, 6) is -1.59. The van der Waals surface area contributed by atoms with E-state index in [-0.39, 0.29) is 24.4 Å². The molecule has 1 aromatic rings. The maximum absolute atomic E-state index is 13.9. The minimum atomic E-state index is -3.23. The van der Waals surface area contributed by atoms with Gasteiger partial charge in [0, 0.05) is 43.2 Å². The number of carbonyl (C=O) groups is 1. The van der Waals surface area contributed by atoms with Crippen LogP contribution in [0.3, 0.4) is 0 Å². The van der Waals surface area contributed by atoms with Gasteiger partial charge in [0.15, 0.2) is 0 Å². The zero-order valence-electron chi connectivity index (χ0n) is 14.1. The van der Waals surface area contributed by atoms with E-state index in [0.29, 0.717) is 31.5 Å². The zero-order valence-corrected chi connectivity index (χ0v) is 14.9. The Bertz CT molecular complexity index is 757. The highest BCUT2D eigenvalue weighted by Crippen LogP contribution is 2.32. The summed E-state index contributed by atoms with van der Waals surface area (Å²) in [7, 11) is -3.23. The summed E-state index contributed by atoms with van der Waals surface area (Å²) in [6.07, 6.45) is 3.89. The lowest BCUT2D eigenvalue weighted by Crippen LogP contribution is -2.44. The second-order valence-electron chi connectivity index (χ2n) is 6.87.